The van der Waals surface area contributed by atoms with Crippen molar-refractivity contribution < 1.29 is 0 Å². The molecule has 0 amide bonds. The van der Waals surface area contributed by atoms with E-state index in [0.29, 0.717) is 5.65 Å². The van der Waals surface area contributed by atoms with Crippen LogP contribution in [0.3, 0.4) is 0 Å². The molecular formula is C11H13N7. The average Bonchev–Trinajstić information content (AvgIpc) is 2.98. The normalized spacial score (nSPS) is 10.9. The molecule has 3 aromatic heterocycles. The molecule has 0 aliphatic carbocycles. The van der Waals surface area contributed by atoms with Crippen LogP contribution in [0.15, 0.2) is 24.9 Å². The Morgan fingerprint density at radius 2 is 2.28 bits per heavy atom. The molecule has 18 heavy (non-hydrogen) atoms. The zero-order chi connectivity index (χ0) is 12.4. The Morgan fingerprint density at radius 3 is 3.11 bits per heavy atom. The molecule has 2 N–H and O–H groups in total. The third-order valence-corrected chi connectivity index (χ3v) is 2.67. The van der Waals surface area contributed by atoms with Crippen LogP contribution in [0.1, 0.15) is 5.69 Å². The van der Waals surface area contributed by atoms with Crippen LogP contribution in [0.2, 0.25) is 0 Å². The van der Waals surface area contributed by atoms with Crippen LogP contribution < -0.4 is 5.32 Å². The molecule has 0 unspecified atom stereocenters. The molecule has 7 nitrogen and oxygen atoms in total. The zero-order valence-electron chi connectivity index (χ0n) is 9.96. The maximum atomic E-state index is 4.32. The van der Waals surface area contributed by atoms with Crippen LogP contribution in [-0.2, 0) is 13.5 Å². The molecule has 3 aromatic rings. The predicted octanol–water partition coefficient (Wildman–Crippen LogP) is 0.741. The second-order valence-electron chi connectivity index (χ2n) is 3.98. The summed E-state index contributed by atoms with van der Waals surface area (Å²) in [6.07, 6.45) is 5.91. The molecule has 3 heterocycles. The van der Waals surface area contributed by atoms with Gasteiger partial charge in [0.05, 0.1) is 12.0 Å². The van der Waals surface area contributed by atoms with Crippen LogP contribution in [-0.4, -0.2) is 36.3 Å². The highest BCUT2D eigenvalue weighted by atomic mass is 15.2. The molecule has 0 bridgehead atoms. The van der Waals surface area contributed by atoms with Gasteiger partial charge in [-0.3, -0.25) is 4.68 Å². The summed E-state index contributed by atoms with van der Waals surface area (Å²) in [4.78, 5) is 15.4. The second-order valence-corrected chi connectivity index (χ2v) is 3.98. The van der Waals surface area contributed by atoms with E-state index in [4.69, 9.17) is 0 Å². The number of nitrogens with one attached hydrogen (secondary N) is 2. The molecular weight excluding hydrogens is 230 g/mol. The molecule has 3 rings (SSSR count). The number of H-pyrrole nitrogens is 1. The summed E-state index contributed by atoms with van der Waals surface area (Å²) in [5.41, 5.74) is 2.56. The number of hydrogen-bond donors (Lipinski definition) is 2. The lowest BCUT2D eigenvalue weighted by Gasteiger charge is -2.04. The number of imidazole rings is 1. The number of aryl methyl sites for hydroxylation is 1. The van der Waals surface area contributed by atoms with Crippen molar-refractivity contribution in [2.45, 2.75) is 6.42 Å². The highest BCUT2D eigenvalue weighted by Gasteiger charge is 2.05. The first kappa shape index (κ1) is 10.7. The molecule has 92 valence electrons. The van der Waals surface area contributed by atoms with Crippen LogP contribution in [0.4, 0.5) is 5.82 Å². The number of fused-ring (bicyclic) bond motifs is 1. The van der Waals surface area contributed by atoms with E-state index in [0.717, 1.165) is 30.0 Å². The van der Waals surface area contributed by atoms with E-state index in [9.17, 15) is 0 Å². The van der Waals surface area contributed by atoms with E-state index >= 15 is 0 Å². The van der Waals surface area contributed by atoms with E-state index in [1.165, 1.54) is 6.33 Å². The Balaban J connectivity index is 1.68. The fourth-order valence-corrected chi connectivity index (χ4v) is 1.80. The van der Waals surface area contributed by atoms with Gasteiger partial charge in [-0.2, -0.15) is 5.10 Å². The Kier molecular flexibility index (Phi) is 2.64. The van der Waals surface area contributed by atoms with Gasteiger partial charge in [0.15, 0.2) is 11.5 Å². The van der Waals surface area contributed by atoms with E-state index in [1.807, 2.05) is 19.3 Å². The van der Waals surface area contributed by atoms with Crippen LogP contribution in [0.5, 0.6) is 0 Å². The zero-order valence-corrected chi connectivity index (χ0v) is 9.96. The number of aromatic amines is 1. The van der Waals surface area contributed by atoms with Crippen molar-refractivity contribution in [1.82, 2.24) is 29.7 Å². The van der Waals surface area contributed by atoms with Gasteiger partial charge in [0.1, 0.15) is 11.8 Å². The smallest absolute Gasteiger partial charge is 0.182 e. The van der Waals surface area contributed by atoms with Gasteiger partial charge in [-0.05, 0) is 6.07 Å². The van der Waals surface area contributed by atoms with Gasteiger partial charge in [-0.25, -0.2) is 15.0 Å². The molecule has 0 aromatic carbocycles. The van der Waals surface area contributed by atoms with Crippen molar-refractivity contribution in [3.8, 4) is 0 Å². The number of rotatable bonds is 4. The van der Waals surface area contributed by atoms with E-state index in [-0.39, 0.29) is 0 Å². The highest BCUT2D eigenvalue weighted by Crippen LogP contribution is 2.13. The maximum Gasteiger partial charge on any atom is 0.182 e. The molecule has 0 aliphatic rings. The third kappa shape index (κ3) is 2.02. The quantitative estimate of drug-likeness (QED) is 0.706. The van der Waals surface area contributed by atoms with Crippen molar-refractivity contribution in [3.05, 3.63) is 30.6 Å². The average molecular weight is 243 g/mol. The maximum absolute atomic E-state index is 4.32. The van der Waals surface area contributed by atoms with Crippen LogP contribution >= 0.6 is 0 Å². The van der Waals surface area contributed by atoms with Gasteiger partial charge in [0.2, 0.25) is 0 Å². The Morgan fingerprint density at radius 1 is 1.33 bits per heavy atom. The Bertz CT molecular complexity index is 654. The first-order valence-corrected chi connectivity index (χ1v) is 5.69. The highest BCUT2D eigenvalue weighted by molar-refractivity contribution is 5.81. The molecule has 0 aliphatic heterocycles. The standard InChI is InChI=1S/C11H13N7/c1-18-5-3-8(17-18)2-4-12-10-9-11(14-6-13-9)16-7-15-10/h3,5-7H,2,4H2,1H3,(H2,12,13,14,15,16). The van der Waals surface area contributed by atoms with Crippen molar-refractivity contribution in [2.24, 2.45) is 7.05 Å². The topological polar surface area (TPSA) is 84.3 Å². The fourth-order valence-electron chi connectivity index (χ4n) is 1.80. The SMILES string of the molecule is Cn1ccc(CCNc2ncnc3nc[nH]c23)n1. The van der Waals surface area contributed by atoms with Crippen molar-refractivity contribution in [2.75, 3.05) is 11.9 Å². The van der Waals surface area contributed by atoms with Gasteiger partial charge >= 0.3 is 0 Å². The minimum Gasteiger partial charge on any atom is -0.368 e. The lowest BCUT2D eigenvalue weighted by atomic mass is 10.3. The minimum absolute atomic E-state index is 0.672. The number of hydrogen-bond acceptors (Lipinski definition) is 5. The molecule has 0 radical (unpaired) electrons. The van der Waals surface area contributed by atoms with E-state index in [1.54, 1.807) is 11.0 Å². The van der Waals surface area contributed by atoms with Crippen LogP contribution in [0.25, 0.3) is 11.2 Å². The van der Waals surface area contributed by atoms with Gasteiger partial charge in [-0.1, -0.05) is 0 Å². The largest absolute Gasteiger partial charge is 0.368 e. The molecule has 0 atom stereocenters. The first-order valence-electron chi connectivity index (χ1n) is 5.69. The molecule has 0 saturated carbocycles. The Hall–Kier alpha value is -2.44. The molecule has 0 saturated heterocycles. The van der Waals surface area contributed by atoms with Crippen LogP contribution in [0, 0.1) is 0 Å². The minimum atomic E-state index is 0.672. The van der Waals surface area contributed by atoms with Gasteiger partial charge in [0.25, 0.3) is 0 Å². The number of anilines is 1. The third-order valence-electron chi connectivity index (χ3n) is 2.67. The van der Waals surface area contributed by atoms with E-state index in [2.05, 4.69) is 30.4 Å². The molecule has 0 spiro atoms. The number of aromatic nitrogens is 6. The summed E-state index contributed by atoms with van der Waals surface area (Å²) in [7, 11) is 1.91. The second kappa shape index (κ2) is 4.44. The van der Waals surface area contributed by atoms with Gasteiger partial charge < -0.3 is 10.3 Å². The lowest BCUT2D eigenvalue weighted by molar-refractivity contribution is 0.742. The number of nitrogens with zero attached hydrogens (tertiary/aromatic N) is 5. The first-order chi connectivity index (χ1) is 8.83. The van der Waals surface area contributed by atoms with Gasteiger partial charge in [0, 0.05) is 26.2 Å². The van der Waals surface area contributed by atoms with E-state index < -0.39 is 0 Å². The summed E-state index contributed by atoms with van der Waals surface area (Å²) >= 11 is 0. The lowest BCUT2D eigenvalue weighted by Crippen LogP contribution is -2.07. The summed E-state index contributed by atoms with van der Waals surface area (Å²) in [5, 5.41) is 7.58. The summed E-state index contributed by atoms with van der Waals surface area (Å²) in [6, 6.07) is 2.01. The van der Waals surface area contributed by atoms with Crippen molar-refractivity contribution in [3.63, 3.8) is 0 Å². The van der Waals surface area contributed by atoms with Gasteiger partial charge in [-0.15, -0.1) is 0 Å². The Labute approximate surface area is 103 Å². The van der Waals surface area contributed by atoms with Crippen molar-refractivity contribution in [1.29, 1.82) is 0 Å². The molecule has 0 fully saturated rings. The fraction of sp³-hybridized carbons (Fsp3) is 0.273. The van der Waals surface area contributed by atoms with Crippen molar-refractivity contribution >= 4 is 17.0 Å². The predicted molar refractivity (Wildman–Crippen MR) is 67.1 cm³/mol. The summed E-state index contributed by atoms with van der Waals surface area (Å²) in [6.45, 7) is 0.766. The molecule has 7 heteroatoms. The summed E-state index contributed by atoms with van der Waals surface area (Å²) < 4.78 is 1.80. The summed E-state index contributed by atoms with van der Waals surface area (Å²) in [5.74, 6) is 0.772. The monoisotopic (exact) mass is 243 g/mol.